The highest BCUT2D eigenvalue weighted by molar-refractivity contribution is 6.00. The van der Waals surface area contributed by atoms with E-state index in [-0.39, 0.29) is 10.8 Å². The molecule has 0 N–H and O–H groups in total. The van der Waals surface area contributed by atoms with Crippen molar-refractivity contribution in [3.05, 3.63) is 0 Å². The van der Waals surface area contributed by atoms with Gasteiger partial charge in [-0.25, -0.2) is 0 Å². The summed E-state index contributed by atoms with van der Waals surface area (Å²) >= 11 is 0. The molecule has 1 saturated carbocycles. The van der Waals surface area contributed by atoms with Crippen molar-refractivity contribution in [2.45, 2.75) is 27.7 Å². The van der Waals surface area contributed by atoms with Crippen LogP contribution < -0.4 is 0 Å². The molecule has 0 aromatic carbocycles. The topological polar surface area (TPSA) is 43.4 Å². The number of hydrogen-bond acceptors (Lipinski definition) is 3. The van der Waals surface area contributed by atoms with E-state index in [0.717, 1.165) is 6.29 Å². The molecule has 0 bridgehead atoms. The van der Waals surface area contributed by atoms with Gasteiger partial charge in [-0.1, -0.05) is 27.7 Å². The monoisotopic (exact) mass is 184 g/mol. The maximum atomic E-state index is 11.5. The van der Waals surface area contributed by atoms with Crippen LogP contribution in [0.1, 0.15) is 27.7 Å². The minimum atomic E-state index is -0.950. The van der Waals surface area contributed by atoms with Crippen LogP contribution in [-0.4, -0.2) is 19.4 Å². The first kappa shape index (κ1) is 10.2. The molecule has 0 radical (unpaired) electrons. The molecule has 0 spiro atoms. The van der Waals surface area contributed by atoms with Crippen LogP contribution >= 0.6 is 0 Å². The normalized spacial score (nSPS) is 26.2. The van der Waals surface area contributed by atoms with Crippen molar-refractivity contribution in [2.24, 2.45) is 16.2 Å². The van der Waals surface area contributed by atoms with Crippen LogP contribution in [0.4, 0.5) is 0 Å². The first-order valence-corrected chi connectivity index (χ1v) is 4.34. The molecule has 1 rings (SSSR count). The summed E-state index contributed by atoms with van der Waals surface area (Å²) in [7, 11) is 1.32. The summed E-state index contributed by atoms with van der Waals surface area (Å²) in [5.74, 6) is -0.419. The largest absolute Gasteiger partial charge is 0.468 e. The Morgan fingerprint density at radius 1 is 1.15 bits per heavy atom. The van der Waals surface area contributed by atoms with E-state index in [1.165, 1.54) is 7.11 Å². The second kappa shape index (κ2) is 2.34. The zero-order chi connectivity index (χ0) is 10.5. The van der Waals surface area contributed by atoms with Crippen LogP contribution in [0.15, 0.2) is 0 Å². The van der Waals surface area contributed by atoms with Crippen molar-refractivity contribution in [2.75, 3.05) is 7.11 Å². The van der Waals surface area contributed by atoms with Gasteiger partial charge in [0.25, 0.3) is 0 Å². The number of ether oxygens (including phenoxy) is 1. The minimum Gasteiger partial charge on any atom is -0.468 e. The summed E-state index contributed by atoms with van der Waals surface area (Å²) in [6.07, 6.45) is 0.735. The van der Waals surface area contributed by atoms with Gasteiger partial charge >= 0.3 is 5.97 Å². The molecule has 0 aromatic rings. The van der Waals surface area contributed by atoms with Crippen LogP contribution in [0, 0.1) is 16.2 Å². The zero-order valence-electron chi connectivity index (χ0n) is 8.80. The Hall–Kier alpha value is -0.860. The summed E-state index contributed by atoms with van der Waals surface area (Å²) in [5, 5.41) is 0. The molecular formula is C10H16O3. The van der Waals surface area contributed by atoms with Crippen molar-refractivity contribution in [3.63, 3.8) is 0 Å². The quantitative estimate of drug-likeness (QED) is 0.370. The van der Waals surface area contributed by atoms with Gasteiger partial charge < -0.3 is 9.53 Å². The van der Waals surface area contributed by atoms with Gasteiger partial charge in [-0.05, 0) is 10.8 Å². The molecule has 0 heterocycles. The standard InChI is InChI=1S/C10H16O3/c1-8(2)9(3,4)10(8,6-11)7(12)13-5/h6H,1-5H3. The lowest BCUT2D eigenvalue weighted by atomic mass is 9.97. The summed E-state index contributed by atoms with van der Waals surface area (Å²) in [6.45, 7) is 7.66. The molecule has 3 heteroatoms. The third-order valence-corrected chi connectivity index (χ3v) is 4.16. The lowest BCUT2D eigenvalue weighted by Gasteiger charge is -2.10. The molecule has 74 valence electrons. The average molecular weight is 184 g/mol. The van der Waals surface area contributed by atoms with Crippen LogP contribution in [-0.2, 0) is 14.3 Å². The highest BCUT2D eigenvalue weighted by Gasteiger charge is 2.82. The lowest BCUT2D eigenvalue weighted by molar-refractivity contribution is -0.151. The Kier molecular flexibility index (Phi) is 1.84. The molecule has 0 saturated heterocycles. The van der Waals surface area contributed by atoms with Crippen molar-refractivity contribution in [1.29, 1.82) is 0 Å². The van der Waals surface area contributed by atoms with Crippen molar-refractivity contribution >= 4 is 12.3 Å². The average Bonchev–Trinajstić information content (AvgIpc) is 2.39. The molecule has 0 unspecified atom stereocenters. The van der Waals surface area contributed by atoms with Crippen molar-refractivity contribution in [3.8, 4) is 0 Å². The number of rotatable bonds is 2. The van der Waals surface area contributed by atoms with Gasteiger partial charge in [0, 0.05) is 0 Å². The summed E-state index contributed by atoms with van der Waals surface area (Å²) in [4.78, 5) is 22.5. The Morgan fingerprint density at radius 2 is 1.54 bits per heavy atom. The fourth-order valence-corrected chi connectivity index (χ4v) is 2.37. The SMILES string of the molecule is COC(=O)C1(C=O)C(C)(C)C1(C)C. The van der Waals surface area contributed by atoms with Crippen LogP contribution in [0.25, 0.3) is 0 Å². The Morgan fingerprint density at radius 3 is 1.62 bits per heavy atom. The van der Waals surface area contributed by atoms with Gasteiger partial charge in [0.05, 0.1) is 7.11 Å². The van der Waals surface area contributed by atoms with Gasteiger partial charge in [-0.15, -0.1) is 0 Å². The Labute approximate surface area is 78.5 Å². The number of methoxy groups -OCH3 is 1. The van der Waals surface area contributed by atoms with E-state index < -0.39 is 11.4 Å². The van der Waals surface area contributed by atoms with E-state index in [1.54, 1.807) is 0 Å². The first-order chi connectivity index (χ1) is 5.79. The molecular weight excluding hydrogens is 168 g/mol. The van der Waals surface area contributed by atoms with Gasteiger partial charge in [0.15, 0.2) is 0 Å². The van der Waals surface area contributed by atoms with Crippen molar-refractivity contribution < 1.29 is 14.3 Å². The Balaban J connectivity index is 3.15. The second-order valence-electron chi connectivity index (χ2n) is 4.67. The van der Waals surface area contributed by atoms with Crippen molar-refractivity contribution in [1.82, 2.24) is 0 Å². The number of carbonyl (C=O) groups is 2. The minimum absolute atomic E-state index is 0.311. The molecule has 0 amide bonds. The Bertz CT molecular complexity index is 249. The van der Waals surface area contributed by atoms with Gasteiger partial charge in [0.1, 0.15) is 11.7 Å². The number of esters is 1. The third kappa shape index (κ3) is 0.754. The summed E-state index contributed by atoms with van der Waals surface area (Å²) < 4.78 is 4.67. The fourth-order valence-electron chi connectivity index (χ4n) is 2.37. The van der Waals surface area contributed by atoms with E-state index in [1.807, 2.05) is 27.7 Å². The summed E-state index contributed by atoms with van der Waals surface area (Å²) in [5.41, 5.74) is -1.57. The molecule has 0 aromatic heterocycles. The van der Waals surface area contributed by atoms with Crippen LogP contribution in [0.3, 0.4) is 0 Å². The van der Waals surface area contributed by atoms with Crippen LogP contribution in [0.5, 0.6) is 0 Å². The molecule has 0 atom stereocenters. The number of hydrogen-bond donors (Lipinski definition) is 0. The van der Waals surface area contributed by atoms with E-state index in [0.29, 0.717) is 0 Å². The van der Waals surface area contributed by atoms with Crippen LogP contribution in [0.2, 0.25) is 0 Å². The highest BCUT2D eigenvalue weighted by Crippen LogP contribution is 2.77. The number of carbonyl (C=O) groups excluding carboxylic acids is 2. The van der Waals surface area contributed by atoms with E-state index in [2.05, 4.69) is 4.74 Å². The second-order valence-corrected chi connectivity index (χ2v) is 4.67. The maximum Gasteiger partial charge on any atom is 0.320 e. The predicted molar refractivity (Wildman–Crippen MR) is 48.1 cm³/mol. The molecule has 1 aliphatic rings. The smallest absolute Gasteiger partial charge is 0.320 e. The molecule has 1 aliphatic carbocycles. The molecule has 13 heavy (non-hydrogen) atoms. The van der Waals surface area contributed by atoms with E-state index in [9.17, 15) is 9.59 Å². The van der Waals surface area contributed by atoms with Gasteiger partial charge in [0.2, 0.25) is 0 Å². The molecule has 1 fully saturated rings. The lowest BCUT2D eigenvalue weighted by Crippen LogP contribution is -2.26. The third-order valence-electron chi connectivity index (χ3n) is 4.16. The molecule has 3 nitrogen and oxygen atoms in total. The fraction of sp³-hybridized carbons (Fsp3) is 0.800. The van der Waals surface area contributed by atoms with E-state index >= 15 is 0 Å². The summed E-state index contributed by atoms with van der Waals surface area (Å²) in [6, 6.07) is 0. The number of aldehydes is 1. The van der Waals surface area contributed by atoms with Gasteiger partial charge in [-0.2, -0.15) is 0 Å². The predicted octanol–water partition coefficient (Wildman–Crippen LogP) is 1.41. The highest BCUT2D eigenvalue weighted by atomic mass is 16.5. The van der Waals surface area contributed by atoms with Gasteiger partial charge in [-0.3, -0.25) is 4.79 Å². The zero-order valence-corrected chi connectivity index (χ0v) is 8.80. The maximum absolute atomic E-state index is 11.5. The molecule has 0 aliphatic heterocycles. The van der Waals surface area contributed by atoms with E-state index in [4.69, 9.17) is 0 Å². The first-order valence-electron chi connectivity index (χ1n) is 4.34.